The largest absolute Gasteiger partial charge is 0.386 e. The van der Waals surface area contributed by atoms with Crippen molar-refractivity contribution in [1.82, 2.24) is 24.9 Å². The van der Waals surface area contributed by atoms with Gasteiger partial charge in [-0.3, -0.25) is 4.79 Å². The summed E-state index contributed by atoms with van der Waals surface area (Å²) in [7, 11) is 3.52. The Morgan fingerprint density at radius 2 is 1.71 bits per heavy atom. The normalized spacial score (nSPS) is 9.83. The summed E-state index contributed by atoms with van der Waals surface area (Å²) in [5, 5.41) is 5.77. The van der Waals surface area contributed by atoms with Gasteiger partial charge in [0, 0.05) is 31.4 Å². The molecule has 5 aromatic rings. The Balaban J connectivity index is 0.000000162. The smallest absolute Gasteiger partial charge is 0.181 e. The van der Waals surface area contributed by atoms with E-state index in [0.717, 1.165) is 22.6 Å². The van der Waals surface area contributed by atoms with E-state index in [-0.39, 0.29) is 11.6 Å². The topological polar surface area (TPSA) is 108 Å². The first-order valence-corrected chi connectivity index (χ1v) is 10.5. The molecule has 178 valence electrons. The number of pyridine rings is 1. The lowest BCUT2D eigenvalue weighted by Crippen LogP contribution is -1.97. The number of anilines is 2. The molecule has 5 rings (SSSR count). The number of halogens is 2. The number of aromatic nitrogens is 5. The molecule has 0 radical (unpaired) electrons. The number of H-pyrrole nitrogens is 1. The fourth-order valence-electron chi connectivity index (χ4n) is 3.01. The van der Waals surface area contributed by atoms with Crippen LogP contribution in [0.3, 0.4) is 0 Å². The van der Waals surface area contributed by atoms with E-state index in [1.54, 1.807) is 43.8 Å². The fraction of sp³-hybridized carbons (Fsp3) is 0.0800. The zero-order valence-electron chi connectivity index (χ0n) is 19.0. The second-order valence-corrected chi connectivity index (χ2v) is 6.88. The number of nitrogens with one attached hydrogen (secondary N) is 3. The van der Waals surface area contributed by atoms with Crippen LogP contribution >= 0.6 is 0 Å². The first kappa shape index (κ1) is 24.9. The molecule has 35 heavy (non-hydrogen) atoms. The molecular formula is C25H23F2N7O. The van der Waals surface area contributed by atoms with Gasteiger partial charge in [-0.05, 0) is 36.4 Å². The summed E-state index contributed by atoms with van der Waals surface area (Å²) in [4.78, 5) is 29.8. The zero-order valence-corrected chi connectivity index (χ0v) is 19.0. The lowest BCUT2D eigenvalue weighted by atomic mass is 10.1. The van der Waals surface area contributed by atoms with E-state index in [1.165, 1.54) is 30.6 Å². The summed E-state index contributed by atoms with van der Waals surface area (Å²) in [5.74, 6) is 0.196. The fourth-order valence-corrected chi connectivity index (χ4v) is 3.01. The third-order valence-corrected chi connectivity index (χ3v) is 4.65. The number of aldehydes is 1. The van der Waals surface area contributed by atoms with Crippen LogP contribution in [0.1, 0.15) is 10.4 Å². The molecule has 0 spiro atoms. The van der Waals surface area contributed by atoms with Crippen molar-refractivity contribution in [3.63, 3.8) is 0 Å². The third kappa shape index (κ3) is 6.64. The van der Waals surface area contributed by atoms with Gasteiger partial charge in [0.25, 0.3) is 0 Å². The Bertz CT molecular complexity index is 1390. The molecule has 0 saturated carbocycles. The molecular weight excluding hydrogens is 452 g/mol. The molecule has 0 atom stereocenters. The van der Waals surface area contributed by atoms with Crippen molar-refractivity contribution in [3.05, 3.63) is 96.7 Å². The standard InChI is InChI=1S/C11H10N6.C7H8FN.C7H5FO/c1-12-10-7(3-2-4-13-10)8-9-11(16-5-14-8)17-6-15-9;1-9-7-5-3-2-4-6(7)8;8-7-3-1-2-6(4-7)5-9/h2-6H,1H3,(H,12,13)(H,14,15,16,17);2-5,9H,1H3;1-5H. The van der Waals surface area contributed by atoms with Crippen molar-refractivity contribution in [1.29, 1.82) is 0 Å². The molecule has 2 aromatic carbocycles. The van der Waals surface area contributed by atoms with Crippen LogP contribution in [-0.4, -0.2) is 45.3 Å². The monoisotopic (exact) mass is 475 g/mol. The highest BCUT2D eigenvalue weighted by atomic mass is 19.1. The third-order valence-electron chi connectivity index (χ3n) is 4.65. The van der Waals surface area contributed by atoms with Gasteiger partial charge < -0.3 is 15.6 Å². The van der Waals surface area contributed by atoms with Gasteiger partial charge in [-0.15, -0.1) is 0 Å². The van der Waals surface area contributed by atoms with Crippen molar-refractivity contribution < 1.29 is 13.6 Å². The van der Waals surface area contributed by atoms with Gasteiger partial charge in [0.1, 0.15) is 41.3 Å². The minimum Gasteiger partial charge on any atom is -0.386 e. The first-order chi connectivity index (χ1) is 17.1. The van der Waals surface area contributed by atoms with Crippen LogP contribution in [0, 0.1) is 11.6 Å². The average Bonchev–Trinajstić information content (AvgIpc) is 3.39. The van der Waals surface area contributed by atoms with Crippen LogP contribution in [0.15, 0.2) is 79.5 Å². The van der Waals surface area contributed by atoms with Crippen LogP contribution in [0.4, 0.5) is 20.3 Å². The van der Waals surface area contributed by atoms with Crippen LogP contribution in [0.5, 0.6) is 0 Å². The highest BCUT2D eigenvalue weighted by Crippen LogP contribution is 2.27. The number of hydrogen-bond donors (Lipinski definition) is 3. The Labute approximate surface area is 200 Å². The van der Waals surface area contributed by atoms with Gasteiger partial charge in [-0.2, -0.15) is 0 Å². The van der Waals surface area contributed by atoms with Crippen molar-refractivity contribution >= 4 is 29.0 Å². The molecule has 0 bridgehead atoms. The molecule has 10 heteroatoms. The molecule has 3 N–H and O–H groups in total. The summed E-state index contributed by atoms with van der Waals surface area (Å²) >= 11 is 0. The number of carbonyl (C=O) groups is 1. The van der Waals surface area contributed by atoms with E-state index < -0.39 is 0 Å². The van der Waals surface area contributed by atoms with Crippen molar-refractivity contribution in [2.75, 3.05) is 24.7 Å². The van der Waals surface area contributed by atoms with Gasteiger partial charge >= 0.3 is 0 Å². The highest BCUT2D eigenvalue weighted by Gasteiger charge is 2.11. The predicted octanol–water partition coefficient (Wildman–Crippen LogP) is 4.96. The second-order valence-electron chi connectivity index (χ2n) is 6.88. The molecule has 0 amide bonds. The van der Waals surface area contributed by atoms with Gasteiger partial charge in [0.2, 0.25) is 0 Å². The number of fused-ring (bicyclic) bond motifs is 1. The van der Waals surface area contributed by atoms with Gasteiger partial charge in [-0.25, -0.2) is 28.7 Å². The van der Waals surface area contributed by atoms with Crippen LogP contribution in [0.2, 0.25) is 0 Å². The molecule has 0 aliphatic carbocycles. The number of aromatic amines is 1. The van der Waals surface area contributed by atoms with E-state index in [2.05, 4.69) is 35.6 Å². The molecule has 0 aliphatic rings. The van der Waals surface area contributed by atoms with Crippen molar-refractivity contribution in [3.8, 4) is 11.3 Å². The van der Waals surface area contributed by atoms with Crippen LogP contribution < -0.4 is 10.6 Å². The Morgan fingerprint density at radius 1 is 0.886 bits per heavy atom. The Morgan fingerprint density at radius 3 is 2.37 bits per heavy atom. The summed E-state index contributed by atoms with van der Waals surface area (Å²) in [6.45, 7) is 0. The molecule has 0 unspecified atom stereocenters. The van der Waals surface area contributed by atoms with E-state index in [9.17, 15) is 13.6 Å². The number of para-hydroxylation sites is 1. The average molecular weight is 476 g/mol. The Hall–Kier alpha value is -4.73. The number of rotatable bonds is 4. The van der Waals surface area contributed by atoms with Crippen LogP contribution in [-0.2, 0) is 0 Å². The van der Waals surface area contributed by atoms with E-state index in [4.69, 9.17) is 0 Å². The molecule has 0 saturated heterocycles. The number of nitrogens with zero attached hydrogens (tertiary/aromatic N) is 4. The maximum absolute atomic E-state index is 12.5. The number of hydrogen-bond acceptors (Lipinski definition) is 7. The maximum atomic E-state index is 12.5. The number of imidazole rings is 1. The van der Waals surface area contributed by atoms with Gasteiger partial charge in [0.15, 0.2) is 5.65 Å². The number of benzene rings is 2. The lowest BCUT2D eigenvalue weighted by molar-refractivity contribution is 0.112. The minimum atomic E-state index is -0.375. The summed E-state index contributed by atoms with van der Waals surface area (Å²) in [6.07, 6.45) is 5.47. The maximum Gasteiger partial charge on any atom is 0.181 e. The highest BCUT2D eigenvalue weighted by molar-refractivity contribution is 5.90. The zero-order chi connectivity index (χ0) is 25.0. The van der Waals surface area contributed by atoms with Gasteiger partial charge in [0.05, 0.1) is 12.0 Å². The predicted molar refractivity (Wildman–Crippen MR) is 132 cm³/mol. The first-order valence-electron chi connectivity index (χ1n) is 10.5. The minimum absolute atomic E-state index is 0.208. The van der Waals surface area contributed by atoms with Crippen molar-refractivity contribution in [2.45, 2.75) is 0 Å². The van der Waals surface area contributed by atoms with E-state index in [1.807, 2.05) is 19.2 Å². The lowest BCUT2D eigenvalue weighted by Gasteiger charge is -2.06. The summed E-state index contributed by atoms with van der Waals surface area (Å²) in [5.41, 5.74) is 4.10. The quantitative estimate of drug-likeness (QED) is 0.315. The summed E-state index contributed by atoms with van der Waals surface area (Å²) in [6, 6.07) is 15.9. The number of carbonyl (C=O) groups excluding carboxylic acids is 1. The Kier molecular flexibility index (Phi) is 8.89. The van der Waals surface area contributed by atoms with Crippen LogP contribution in [0.25, 0.3) is 22.4 Å². The van der Waals surface area contributed by atoms with Gasteiger partial charge in [-0.1, -0.05) is 24.3 Å². The molecule has 8 nitrogen and oxygen atoms in total. The molecule has 0 aliphatic heterocycles. The summed E-state index contributed by atoms with van der Waals surface area (Å²) < 4.78 is 24.7. The molecule has 3 heterocycles. The SMILES string of the molecule is CNc1ccccc1F.CNc1ncccc1-c1ncnc2nc[nH]c12.O=Cc1cccc(F)c1. The molecule has 0 fully saturated rings. The second kappa shape index (κ2) is 12.5. The van der Waals surface area contributed by atoms with Crippen molar-refractivity contribution in [2.24, 2.45) is 0 Å². The molecule has 3 aromatic heterocycles. The van der Waals surface area contributed by atoms with E-state index >= 15 is 0 Å². The van der Waals surface area contributed by atoms with E-state index in [0.29, 0.717) is 23.2 Å².